The van der Waals surface area contributed by atoms with Crippen LogP contribution in [0.2, 0.25) is 0 Å². The Morgan fingerprint density at radius 3 is 0.798 bits per heavy atom. The molecule has 2 aromatic heterocycles. The summed E-state index contributed by atoms with van der Waals surface area (Å²) in [5.41, 5.74) is 18.6. The van der Waals surface area contributed by atoms with Crippen LogP contribution in [-0.4, -0.2) is 29.9 Å². The summed E-state index contributed by atoms with van der Waals surface area (Å²) in [4.78, 5) is 31.2. The van der Waals surface area contributed by atoms with Crippen molar-refractivity contribution in [1.29, 1.82) is 0 Å². The highest BCUT2D eigenvalue weighted by molar-refractivity contribution is 6.13. The van der Waals surface area contributed by atoms with E-state index in [1.54, 1.807) is 0 Å². The van der Waals surface area contributed by atoms with Crippen LogP contribution in [0.25, 0.3) is 134 Å². The Labute approximate surface area is 485 Å². The van der Waals surface area contributed by atoms with Crippen molar-refractivity contribution < 1.29 is 0 Å². The van der Waals surface area contributed by atoms with Crippen molar-refractivity contribution in [1.82, 2.24) is 29.9 Å². The quantitative estimate of drug-likeness (QED) is 0.141. The molecule has 0 saturated heterocycles. The number of benzene rings is 13. The highest BCUT2D eigenvalue weighted by Gasteiger charge is 2.41. The second-order valence-electron chi connectivity index (χ2n) is 22.1. The summed E-state index contributed by atoms with van der Waals surface area (Å²) in [6.45, 7) is 0. The van der Waals surface area contributed by atoms with Crippen LogP contribution in [0.15, 0.2) is 279 Å². The molecule has 0 saturated carbocycles. The maximum Gasteiger partial charge on any atom is 0.165 e. The summed E-state index contributed by atoms with van der Waals surface area (Å²) in [7, 11) is 0. The van der Waals surface area contributed by atoms with Crippen LogP contribution in [-0.2, 0) is 0 Å². The molecule has 2 atom stereocenters. The van der Waals surface area contributed by atoms with Crippen LogP contribution in [0.4, 0.5) is 0 Å². The van der Waals surface area contributed by atoms with Crippen molar-refractivity contribution in [2.75, 3.05) is 0 Å². The largest absolute Gasteiger partial charge is 0.208 e. The minimum atomic E-state index is 0.104. The summed E-state index contributed by atoms with van der Waals surface area (Å²) >= 11 is 0. The lowest BCUT2D eigenvalue weighted by Crippen LogP contribution is -2.27. The van der Waals surface area contributed by atoms with Crippen molar-refractivity contribution in [2.24, 2.45) is 0 Å². The molecule has 3 aliphatic carbocycles. The van der Waals surface area contributed by atoms with E-state index in [0.29, 0.717) is 34.9 Å². The summed E-state index contributed by atoms with van der Waals surface area (Å²) in [5.74, 6) is 4.06. The fourth-order valence-corrected chi connectivity index (χ4v) is 13.4. The lowest BCUT2D eigenvalue weighted by atomic mass is 9.60. The summed E-state index contributed by atoms with van der Waals surface area (Å²) in [6, 6.07) is 99.7. The SMILES string of the molecule is c1ccc(-c2nc(-c3ccc(-c4ccc5c(c4)C4c6ccccc6C5c5cc(-c6ccc(-c7nc(-c8ccccc8)nc(-c8c9ccccc9cc9ccccc89)n7)cc6)ccc54)cc3)nc(-c3c4ccccc4cc4ccccc34)n2)cc1. The van der Waals surface area contributed by atoms with Crippen LogP contribution in [0.5, 0.6) is 0 Å². The molecular formula is C78H48N6. The third kappa shape index (κ3) is 7.87. The van der Waals surface area contributed by atoms with E-state index in [-0.39, 0.29) is 11.8 Å². The molecule has 2 unspecified atom stereocenters. The predicted octanol–water partition coefficient (Wildman–Crippen LogP) is 19.0. The molecule has 18 rings (SSSR count). The van der Waals surface area contributed by atoms with Gasteiger partial charge in [-0.3, -0.25) is 0 Å². The van der Waals surface area contributed by atoms with E-state index < -0.39 is 0 Å². The van der Waals surface area contributed by atoms with Gasteiger partial charge < -0.3 is 0 Å². The molecule has 13 aromatic carbocycles. The highest BCUT2D eigenvalue weighted by Crippen LogP contribution is 2.57. The molecule has 0 N–H and O–H groups in total. The van der Waals surface area contributed by atoms with Gasteiger partial charge in [-0.1, -0.05) is 255 Å². The van der Waals surface area contributed by atoms with Crippen molar-refractivity contribution in [3.8, 4) is 90.6 Å². The Balaban J connectivity index is 0.709. The van der Waals surface area contributed by atoms with E-state index in [0.717, 1.165) is 87.6 Å². The van der Waals surface area contributed by atoms with Crippen LogP contribution >= 0.6 is 0 Å². The molecule has 0 aliphatic heterocycles. The number of hydrogen-bond acceptors (Lipinski definition) is 6. The predicted molar refractivity (Wildman–Crippen MR) is 341 cm³/mol. The number of aromatic nitrogens is 6. The second kappa shape index (κ2) is 19.3. The van der Waals surface area contributed by atoms with Gasteiger partial charge in [0.25, 0.3) is 0 Å². The molecule has 390 valence electrons. The zero-order chi connectivity index (χ0) is 55.2. The molecule has 0 radical (unpaired) electrons. The molecule has 2 bridgehead atoms. The van der Waals surface area contributed by atoms with Gasteiger partial charge in [0.1, 0.15) is 0 Å². The summed E-state index contributed by atoms with van der Waals surface area (Å²) in [5, 5.41) is 9.02. The van der Waals surface area contributed by atoms with Crippen molar-refractivity contribution in [3.05, 3.63) is 312 Å². The van der Waals surface area contributed by atoms with E-state index in [9.17, 15) is 0 Å². The van der Waals surface area contributed by atoms with E-state index in [4.69, 9.17) is 29.9 Å². The summed E-state index contributed by atoms with van der Waals surface area (Å²) < 4.78 is 0. The van der Waals surface area contributed by atoms with Crippen molar-refractivity contribution >= 4 is 43.1 Å². The van der Waals surface area contributed by atoms with E-state index in [1.165, 1.54) is 44.5 Å². The van der Waals surface area contributed by atoms with E-state index in [2.05, 4.69) is 243 Å². The first kappa shape index (κ1) is 47.7. The normalized spacial score (nSPS) is 14.0. The number of hydrogen-bond donors (Lipinski definition) is 0. The molecule has 0 amide bonds. The average Bonchev–Trinajstić information content (AvgIpc) is 1.94. The Kier molecular flexibility index (Phi) is 11.0. The Morgan fingerprint density at radius 1 is 0.179 bits per heavy atom. The molecule has 0 fully saturated rings. The first-order chi connectivity index (χ1) is 41.6. The van der Waals surface area contributed by atoms with Crippen LogP contribution in [0, 0.1) is 0 Å². The Bertz CT molecular complexity index is 4700. The Hall–Kier alpha value is -11.1. The van der Waals surface area contributed by atoms with Gasteiger partial charge in [0.15, 0.2) is 34.9 Å². The maximum atomic E-state index is 5.28. The number of rotatable bonds is 8. The monoisotopic (exact) mass is 1070 g/mol. The van der Waals surface area contributed by atoms with Gasteiger partial charge in [0, 0.05) is 45.2 Å². The molecule has 6 heteroatoms. The molecule has 84 heavy (non-hydrogen) atoms. The minimum absolute atomic E-state index is 0.104. The first-order valence-electron chi connectivity index (χ1n) is 28.6. The molecule has 3 aliphatic rings. The number of fused-ring (bicyclic) bond motifs is 4. The van der Waals surface area contributed by atoms with Crippen molar-refractivity contribution in [2.45, 2.75) is 11.8 Å². The standard InChI is InChI=1S/C78H48N6/c1-3-17-49(18-4-1)73-79-75(83-77(81-73)71-59-25-11-7-21-55(59)43-56-22-8-12-26-60(56)71)51-35-31-47(32-36-51)53-39-41-65-67(45-53)69-63-29-15-16-30-64(63)70(65)68-46-54(40-42-66(68)69)48-33-37-52(38-34-48)76-80-74(50-19-5-2-6-20-50)82-78(84-76)72-61-27-13-9-23-57(61)44-58-24-10-14-28-62(58)72/h1-46,69-70H. The molecular weight excluding hydrogens is 1020 g/mol. The van der Waals surface area contributed by atoms with Gasteiger partial charge in [-0.2, -0.15) is 0 Å². The molecule has 2 heterocycles. The first-order valence-corrected chi connectivity index (χ1v) is 28.6. The lowest BCUT2D eigenvalue weighted by molar-refractivity contribution is 0.755. The Morgan fingerprint density at radius 2 is 0.440 bits per heavy atom. The van der Waals surface area contributed by atoms with Crippen LogP contribution in [0.1, 0.15) is 45.2 Å². The van der Waals surface area contributed by atoms with Gasteiger partial charge in [0.05, 0.1) is 0 Å². The minimum Gasteiger partial charge on any atom is -0.208 e. The molecule has 6 nitrogen and oxygen atoms in total. The zero-order valence-electron chi connectivity index (χ0n) is 45.4. The zero-order valence-corrected chi connectivity index (χ0v) is 45.4. The third-order valence-corrected chi connectivity index (χ3v) is 17.3. The summed E-state index contributed by atoms with van der Waals surface area (Å²) in [6.07, 6.45) is 0. The van der Waals surface area contributed by atoms with Crippen LogP contribution < -0.4 is 0 Å². The number of nitrogens with zero attached hydrogens (tertiary/aromatic N) is 6. The molecule has 15 aromatic rings. The van der Waals surface area contributed by atoms with Gasteiger partial charge in [0.2, 0.25) is 0 Å². The van der Waals surface area contributed by atoms with Gasteiger partial charge in [-0.05, 0) is 123 Å². The second-order valence-corrected chi connectivity index (χ2v) is 22.1. The highest BCUT2D eigenvalue weighted by atomic mass is 15.0. The molecule has 0 spiro atoms. The van der Waals surface area contributed by atoms with Gasteiger partial charge in [-0.15, -0.1) is 0 Å². The van der Waals surface area contributed by atoms with Crippen molar-refractivity contribution in [3.63, 3.8) is 0 Å². The van der Waals surface area contributed by atoms with Gasteiger partial charge >= 0.3 is 0 Å². The lowest BCUT2D eigenvalue weighted by Gasteiger charge is -2.42. The van der Waals surface area contributed by atoms with E-state index >= 15 is 0 Å². The van der Waals surface area contributed by atoms with E-state index in [1.807, 2.05) is 36.4 Å². The van der Waals surface area contributed by atoms with Gasteiger partial charge in [-0.25, -0.2) is 29.9 Å². The fourth-order valence-electron chi connectivity index (χ4n) is 13.4. The maximum absolute atomic E-state index is 5.28. The fraction of sp³-hybridized carbons (Fsp3) is 0.0256. The third-order valence-electron chi connectivity index (χ3n) is 17.3. The topological polar surface area (TPSA) is 77.3 Å². The average molecular weight is 1070 g/mol. The smallest absolute Gasteiger partial charge is 0.165 e. The van der Waals surface area contributed by atoms with Crippen LogP contribution in [0.3, 0.4) is 0 Å².